The van der Waals surface area contributed by atoms with Gasteiger partial charge in [0.1, 0.15) is 0 Å². The Morgan fingerprint density at radius 1 is 0.966 bits per heavy atom. The zero-order valence-electron chi connectivity index (χ0n) is 17.7. The lowest BCUT2D eigenvalue weighted by atomic mass is 9.99. The Morgan fingerprint density at radius 2 is 1.52 bits per heavy atom. The number of hydrogen-bond acceptors (Lipinski definition) is 6. The summed E-state index contributed by atoms with van der Waals surface area (Å²) in [5.41, 5.74) is 1.17. The van der Waals surface area contributed by atoms with Crippen molar-refractivity contribution in [3.63, 3.8) is 0 Å². The Bertz CT molecular complexity index is 727. The molecule has 0 amide bonds. The van der Waals surface area contributed by atoms with E-state index < -0.39 is 16.1 Å². The van der Waals surface area contributed by atoms with Crippen LogP contribution in [0.1, 0.15) is 31.7 Å². The van der Waals surface area contributed by atoms with Gasteiger partial charge in [0.15, 0.2) is 0 Å². The largest absolute Gasteiger partial charge is 0.390 e. The Kier molecular flexibility index (Phi) is 8.07. The molecule has 0 unspecified atom stereocenters. The number of nitrogens with zero attached hydrogens (tertiary/aromatic N) is 3. The van der Waals surface area contributed by atoms with Crippen LogP contribution in [0.3, 0.4) is 0 Å². The van der Waals surface area contributed by atoms with Gasteiger partial charge in [0.25, 0.3) is 0 Å². The highest BCUT2D eigenvalue weighted by Crippen LogP contribution is 2.23. The monoisotopic (exact) mass is 425 g/mol. The Balaban J connectivity index is 1.50. The van der Waals surface area contributed by atoms with E-state index in [1.165, 1.54) is 5.56 Å². The second-order valence-corrected chi connectivity index (χ2v) is 10.1. The normalized spacial score (nSPS) is 22.4. The number of ether oxygens (including phenoxy) is 1. The molecule has 2 aliphatic heterocycles. The molecule has 29 heavy (non-hydrogen) atoms. The van der Waals surface area contributed by atoms with E-state index in [9.17, 15) is 13.5 Å². The third-order valence-corrected chi connectivity index (χ3v) is 7.99. The molecule has 0 bridgehead atoms. The molecule has 2 saturated heterocycles. The molecule has 0 radical (unpaired) electrons. The highest BCUT2D eigenvalue weighted by atomic mass is 32.2. The molecule has 8 heteroatoms. The van der Waals surface area contributed by atoms with Gasteiger partial charge in [-0.15, -0.1) is 0 Å². The Hall–Kier alpha value is -1.03. The number of rotatable bonds is 8. The quantitative estimate of drug-likeness (QED) is 0.675. The van der Waals surface area contributed by atoms with E-state index in [0.29, 0.717) is 50.1 Å². The third-order valence-electron chi connectivity index (χ3n) is 6.07. The van der Waals surface area contributed by atoms with Gasteiger partial charge >= 0.3 is 0 Å². The molecule has 0 aromatic heterocycles. The van der Waals surface area contributed by atoms with E-state index >= 15 is 0 Å². The van der Waals surface area contributed by atoms with Gasteiger partial charge in [0.05, 0.1) is 24.2 Å². The lowest BCUT2D eigenvalue weighted by molar-refractivity contribution is 0.00469. The molecule has 164 valence electrons. The maximum Gasteiger partial charge on any atom is 0.243 e. The van der Waals surface area contributed by atoms with Crippen molar-refractivity contribution in [2.45, 2.75) is 37.2 Å². The van der Waals surface area contributed by atoms with Crippen molar-refractivity contribution in [2.24, 2.45) is 0 Å². The first kappa shape index (κ1) is 22.7. The SMILES string of the molecule is CC[C@@H](C)c1ccc(S(=O)(=O)N2CCN(C[C@H](O)CN3CCOCC3)CC2)cc1. The first-order chi connectivity index (χ1) is 13.9. The average molecular weight is 426 g/mol. The standard InChI is InChI=1S/C21H35N3O4S/c1-3-18(2)19-4-6-21(7-5-19)29(26,27)24-10-8-22(9-11-24)16-20(25)17-23-12-14-28-15-13-23/h4-7,18,20,25H,3,8-17H2,1-2H3/t18-,20+/m1/s1. The van der Waals surface area contributed by atoms with Crippen LogP contribution in [-0.2, 0) is 14.8 Å². The molecule has 1 aromatic carbocycles. The molecule has 1 aromatic rings. The van der Waals surface area contributed by atoms with Crippen LogP contribution >= 0.6 is 0 Å². The number of β-amino-alcohol motifs (C(OH)–C–C–N with tert-alkyl or cyclic N) is 1. The Morgan fingerprint density at radius 3 is 2.07 bits per heavy atom. The van der Waals surface area contributed by atoms with Crippen molar-refractivity contribution in [3.05, 3.63) is 29.8 Å². The van der Waals surface area contributed by atoms with E-state index in [1.54, 1.807) is 16.4 Å². The van der Waals surface area contributed by atoms with Crippen LogP contribution in [0.15, 0.2) is 29.2 Å². The zero-order valence-corrected chi connectivity index (χ0v) is 18.5. The fraction of sp³-hybridized carbons (Fsp3) is 0.714. The van der Waals surface area contributed by atoms with Crippen LogP contribution in [0.4, 0.5) is 0 Å². The summed E-state index contributed by atoms with van der Waals surface area (Å²) in [6.07, 6.45) is 0.607. The topological polar surface area (TPSA) is 73.3 Å². The predicted molar refractivity (Wildman–Crippen MR) is 114 cm³/mol. The summed E-state index contributed by atoms with van der Waals surface area (Å²) in [4.78, 5) is 4.74. The van der Waals surface area contributed by atoms with Crippen molar-refractivity contribution >= 4 is 10.0 Å². The van der Waals surface area contributed by atoms with E-state index in [1.807, 2.05) is 12.1 Å². The van der Waals surface area contributed by atoms with Gasteiger partial charge in [-0.1, -0.05) is 26.0 Å². The van der Waals surface area contributed by atoms with Gasteiger partial charge in [0, 0.05) is 52.4 Å². The lowest BCUT2D eigenvalue weighted by Gasteiger charge is -2.36. The van der Waals surface area contributed by atoms with E-state index in [2.05, 4.69) is 23.6 Å². The maximum atomic E-state index is 13.0. The summed E-state index contributed by atoms with van der Waals surface area (Å²) < 4.78 is 32.8. The second kappa shape index (κ2) is 10.3. The van der Waals surface area contributed by atoms with Gasteiger partial charge in [0.2, 0.25) is 10.0 Å². The van der Waals surface area contributed by atoms with Crippen LogP contribution in [0.5, 0.6) is 0 Å². The fourth-order valence-electron chi connectivity index (χ4n) is 3.94. The minimum Gasteiger partial charge on any atom is -0.390 e. The molecule has 2 atom stereocenters. The van der Waals surface area contributed by atoms with Gasteiger partial charge in [-0.25, -0.2) is 8.42 Å². The average Bonchev–Trinajstić information content (AvgIpc) is 2.74. The number of sulfonamides is 1. The van der Waals surface area contributed by atoms with Crippen molar-refractivity contribution in [1.82, 2.24) is 14.1 Å². The van der Waals surface area contributed by atoms with Gasteiger partial charge in [-0.3, -0.25) is 9.80 Å². The van der Waals surface area contributed by atoms with Crippen molar-refractivity contribution < 1.29 is 18.3 Å². The molecule has 1 N–H and O–H groups in total. The minimum absolute atomic E-state index is 0.366. The summed E-state index contributed by atoms with van der Waals surface area (Å²) in [6, 6.07) is 7.32. The van der Waals surface area contributed by atoms with Gasteiger partial charge in [-0.05, 0) is 30.0 Å². The van der Waals surface area contributed by atoms with Crippen LogP contribution < -0.4 is 0 Å². The van der Waals surface area contributed by atoms with Gasteiger partial charge in [-0.2, -0.15) is 4.31 Å². The van der Waals surface area contributed by atoms with Crippen LogP contribution in [0.25, 0.3) is 0 Å². The minimum atomic E-state index is -3.46. The highest BCUT2D eigenvalue weighted by molar-refractivity contribution is 7.89. The van der Waals surface area contributed by atoms with E-state index in [-0.39, 0.29) is 0 Å². The van der Waals surface area contributed by atoms with Crippen LogP contribution in [0, 0.1) is 0 Å². The number of piperazine rings is 1. The summed E-state index contributed by atoms with van der Waals surface area (Å²) in [6.45, 7) is 10.9. The molecule has 0 aliphatic carbocycles. The number of morpholine rings is 1. The molecule has 2 heterocycles. The van der Waals surface area contributed by atoms with Crippen molar-refractivity contribution in [1.29, 1.82) is 0 Å². The number of aliphatic hydroxyl groups excluding tert-OH is 1. The van der Waals surface area contributed by atoms with Crippen molar-refractivity contribution in [2.75, 3.05) is 65.6 Å². The second-order valence-electron chi connectivity index (χ2n) is 8.15. The molecule has 0 spiro atoms. The maximum absolute atomic E-state index is 13.0. The van der Waals surface area contributed by atoms with Crippen LogP contribution in [0.2, 0.25) is 0 Å². The predicted octanol–water partition coefficient (Wildman–Crippen LogP) is 1.20. The molecule has 7 nitrogen and oxygen atoms in total. The highest BCUT2D eigenvalue weighted by Gasteiger charge is 2.29. The first-order valence-electron chi connectivity index (χ1n) is 10.7. The summed E-state index contributed by atoms with van der Waals surface area (Å²) in [7, 11) is -3.46. The smallest absolute Gasteiger partial charge is 0.243 e. The molecular weight excluding hydrogens is 390 g/mol. The van der Waals surface area contributed by atoms with E-state index in [4.69, 9.17) is 4.74 Å². The fourth-order valence-corrected chi connectivity index (χ4v) is 5.37. The van der Waals surface area contributed by atoms with Crippen molar-refractivity contribution in [3.8, 4) is 0 Å². The third kappa shape index (κ3) is 5.99. The van der Waals surface area contributed by atoms with Crippen LogP contribution in [-0.4, -0.2) is 99.3 Å². The molecule has 0 saturated carbocycles. The summed E-state index contributed by atoms with van der Waals surface area (Å²) >= 11 is 0. The zero-order chi connectivity index (χ0) is 20.9. The molecule has 3 rings (SSSR count). The van der Waals surface area contributed by atoms with E-state index in [0.717, 1.165) is 32.7 Å². The number of hydrogen-bond donors (Lipinski definition) is 1. The molecule has 2 aliphatic rings. The first-order valence-corrected chi connectivity index (χ1v) is 12.1. The summed E-state index contributed by atoms with van der Waals surface area (Å²) in [5, 5.41) is 10.4. The molecule has 2 fully saturated rings. The lowest BCUT2D eigenvalue weighted by Crippen LogP contribution is -2.52. The van der Waals surface area contributed by atoms with Gasteiger partial charge < -0.3 is 9.84 Å². The Labute approximate surface area is 175 Å². The summed E-state index contributed by atoms with van der Waals surface area (Å²) in [5.74, 6) is 0.430. The molecular formula is C21H35N3O4S. The number of benzene rings is 1. The number of aliphatic hydroxyl groups is 1.